The second-order valence-corrected chi connectivity index (χ2v) is 14.2. The van der Waals surface area contributed by atoms with E-state index >= 15 is 0 Å². The third-order valence-electron chi connectivity index (χ3n) is 9.73. The molecule has 284 valence electrons. The molecule has 4 heterocycles. The van der Waals surface area contributed by atoms with Crippen LogP contribution in [0.5, 0.6) is 0 Å². The molecule has 15 nitrogen and oxygen atoms in total. The fourth-order valence-electron chi connectivity index (χ4n) is 5.52. The van der Waals surface area contributed by atoms with Gasteiger partial charge in [0.1, 0.15) is 5.54 Å². The fourth-order valence-corrected chi connectivity index (χ4v) is 5.52. The summed E-state index contributed by atoms with van der Waals surface area (Å²) in [7, 11) is 0. The van der Waals surface area contributed by atoms with E-state index in [0.717, 1.165) is 22.3 Å². The van der Waals surface area contributed by atoms with Gasteiger partial charge in [0.25, 0.3) is 11.8 Å². The first-order valence-electron chi connectivity index (χ1n) is 18.0. The molecule has 4 aromatic rings. The molecule has 0 aromatic heterocycles. The lowest BCUT2D eigenvalue weighted by Gasteiger charge is -2.10. The zero-order valence-electron chi connectivity index (χ0n) is 31.2. The largest absolute Gasteiger partial charge is 0.462 e. The van der Waals surface area contributed by atoms with Gasteiger partial charge in [-0.3, -0.25) is 14.6 Å². The zero-order chi connectivity index (χ0) is 39.6. The van der Waals surface area contributed by atoms with Gasteiger partial charge in [0.05, 0.1) is 31.0 Å². The Morgan fingerprint density at radius 1 is 0.482 bits per heavy atom. The van der Waals surface area contributed by atoms with Gasteiger partial charge in [0.2, 0.25) is 17.0 Å². The molecule has 4 aromatic carbocycles. The van der Waals surface area contributed by atoms with Crippen LogP contribution in [0, 0.1) is 0 Å². The van der Waals surface area contributed by atoms with Crippen molar-refractivity contribution in [3.63, 3.8) is 0 Å². The van der Waals surface area contributed by atoms with Gasteiger partial charge in [-0.25, -0.2) is 9.59 Å². The number of amides is 2. The topological polar surface area (TPSA) is 197 Å². The minimum atomic E-state index is -0.465. The Kier molecular flexibility index (Phi) is 9.93. The quantitative estimate of drug-likeness (QED) is 0.0781. The molecule has 0 saturated heterocycles. The van der Waals surface area contributed by atoms with E-state index in [4.69, 9.17) is 9.47 Å². The van der Waals surface area contributed by atoms with Gasteiger partial charge < -0.3 is 20.1 Å². The minimum Gasteiger partial charge on any atom is -0.462 e. The minimum absolute atomic E-state index is 0.0460. The molecule has 4 aliphatic heterocycles. The smallest absolute Gasteiger partial charge is 0.338 e. The van der Waals surface area contributed by atoms with E-state index in [-0.39, 0.29) is 37.2 Å². The third kappa shape index (κ3) is 8.78. The summed E-state index contributed by atoms with van der Waals surface area (Å²) in [5, 5.41) is 29.2. The Morgan fingerprint density at radius 3 is 1.09 bits per heavy atom. The first kappa shape index (κ1) is 37.5. The summed E-state index contributed by atoms with van der Waals surface area (Å²) in [6, 6.07) is 28.4. The van der Waals surface area contributed by atoms with Crippen LogP contribution in [0.3, 0.4) is 0 Å². The van der Waals surface area contributed by atoms with Crippen molar-refractivity contribution in [2.75, 3.05) is 19.9 Å². The average molecular weight is 754 g/mol. The standard InChI is InChI=1S/C21H20N4O4.C20H19N5O2/c1-20(22-23-20)16-8-4-14(5-9-16)18(26)28-12-3-13-29-19(27)15-6-10-17(11-7-15)21(2)24-25-21;1-19(11-23-19)15-7-3-13(4-8-15)17(26)21-12-22-18(27)14-5-9-16(10-6-14)20(2)24-25-20/h4-11H,3,12-13H2,1-2H3;3-11H,12H2,1-2H3,(H,21,26)(H,22,27). The van der Waals surface area contributed by atoms with Crippen LogP contribution in [-0.4, -0.2) is 49.9 Å². The molecular weight excluding hydrogens is 715 g/mol. The molecule has 0 aliphatic carbocycles. The number of carbonyl (C=O) groups excluding carboxylic acids is 4. The van der Waals surface area contributed by atoms with Crippen LogP contribution in [-0.2, 0) is 32.0 Å². The van der Waals surface area contributed by atoms with E-state index in [2.05, 4.69) is 46.3 Å². The van der Waals surface area contributed by atoms with Crippen molar-refractivity contribution in [1.82, 2.24) is 10.6 Å². The van der Waals surface area contributed by atoms with E-state index in [9.17, 15) is 19.2 Å². The number of ether oxygens (including phenoxy) is 2. The van der Waals surface area contributed by atoms with Gasteiger partial charge in [-0.1, -0.05) is 48.5 Å². The Morgan fingerprint density at radius 2 is 0.786 bits per heavy atom. The summed E-state index contributed by atoms with van der Waals surface area (Å²) >= 11 is 0. The fraction of sp³-hybridized carbons (Fsp3) is 0.293. The van der Waals surface area contributed by atoms with E-state index in [1.807, 2.05) is 82.4 Å². The number of nitrogens with one attached hydrogen (secondary N) is 2. The van der Waals surface area contributed by atoms with Crippen molar-refractivity contribution in [3.05, 3.63) is 142 Å². The molecule has 0 bridgehead atoms. The SMILES string of the molecule is CC1(c2ccc(C(=O)NCNC(=O)c3ccc(C4(C)N=N4)cc3)cc2)C=N1.CC1(c2ccc(C(=O)OCCCOC(=O)c3ccc(C4(C)N=N4)cc3)cc2)N=N1. The summed E-state index contributed by atoms with van der Waals surface area (Å²) < 4.78 is 10.4. The number of hydrogen-bond donors (Lipinski definition) is 2. The Bertz CT molecular complexity index is 2100. The summed E-state index contributed by atoms with van der Waals surface area (Å²) in [5.41, 5.74) is 4.23. The van der Waals surface area contributed by atoms with Gasteiger partial charge >= 0.3 is 11.9 Å². The maximum Gasteiger partial charge on any atom is 0.338 e. The van der Waals surface area contributed by atoms with E-state index in [1.165, 1.54) is 0 Å². The summed E-state index contributed by atoms with van der Waals surface area (Å²) in [6.07, 6.45) is 2.29. The van der Waals surface area contributed by atoms with Crippen molar-refractivity contribution < 1.29 is 28.7 Å². The Hall–Kier alpha value is -6.77. The number of rotatable bonds is 14. The van der Waals surface area contributed by atoms with Gasteiger partial charge in [-0.05, 0) is 81.8 Å². The summed E-state index contributed by atoms with van der Waals surface area (Å²) in [5.74, 6) is -1.34. The van der Waals surface area contributed by atoms with Crippen molar-refractivity contribution in [2.45, 2.75) is 56.6 Å². The first-order chi connectivity index (χ1) is 26.8. The number of nitrogens with zero attached hydrogens (tertiary/aromatic N) is 7. The molecule has 0 spiro atoms. The highest BCUT2D eigenvalue weighted by molar-refractivity contribution is 5.96. The number of aliphatic imine (C=N–C) groups is 1. The van der Waals surface area contributed by atoms with Crippen LogP contribution in [0.1, 0.15) is 97.8 Å². The van der Waals surface area contributed by atoms with Crippen LogP contribution in [0.4, 0.5) is 0 Å². The molecule has 8 rings (SSSR count). The molecule has 0 saturated carbocycles. The van der Waals surface area contributed by atoms with Crippen molar-refractivity contribution >= 4 is 30.0 Å². The first-order valence-corrected chi connectivity index (χ1v) is 18.0. The second kappa shape index (κ2) is 14.8. The summed E-state index contributed by atoms with van der Waals surface area (Å²) in [6.45, 7) is 8.09. The summed E-state index contributed by atoms with van der Waals surface area (Å²) in [4.78, 5) is 52.7. The molecule has 0 fully saturated rings. The van der Waals surface area contributed by atoms with Gasteiger partial charge in [-0.15, -0.1) is 0 Å². The number of carbonyl (C=O) groups is 4. The predicted octanol–water partition coefficient (Wildman–Crippen LogP) is 7.11. The van der Waals surface area contributed by atoms with Crippen LogP contribution in [0.15, 0.2) is 133 Å². The predicted molar refractivity (Wildman–Crippen MR) is 203 cm³/mol. The number of benzene rings is 4. The van der Waals surface area contributed by atoms with Gasteiger partial charge in [-0.2, -0.15) is 30.7 Å². The molecule has 15 heteroatoms. The molecule has 2 amide bonds. The van der Waals surface area contributed by atoms with Crippen LogP contribution in [0.25, 0.3) is 0 Å². The Balaban J connectivity index is 0.000000172. The highest BCUT2D eigenvalue weighted by Gasteiger charge is 2.37. The maximum absolute atomic E-state index is 12.2. The molecule has 0 radical (unpaired) electrons. The monoisotopic (exact) mass is 753 g/mol. The van der Waals surface area contributed by atoms with Crippen LogP contribution in [0.2, 0.25) is 0 Å². The van der Waals surface area contributed by atoms with E-state index in [1.54, 1.807) is 48.5 Å². The normalized spacial score (nSPS) is 18.8. The lowest BCUT2D eigenvalue weighted by atomic mass is 9.99. The molecule has 2 N–H and O–H groups in total. The lowest BCUT2D eigenvalue weighted by molar-refractivity contribution is 0.0395. The number of esters is 2. The average Bonchev–Trinajstić information content (AvgIpc) is 4.03. The van der Waals surface area contributed by atoms with Crippen LogP contribution < -0.4 is 10.6 Å². The second-order valence-electron chi connectivity index (χ2n) is 14.2. The van der Waals surface area contributed by atoms with Crippen LogP contribution >= 0.6 is 0 Å². The molecule has 1 unspecified atom stereocenters. The van der Waals surface area contributed by atoms with Gasteiger partial charge in [0.15, 0.2) is 0 Å². The highest BCUT2D eigenvalue weighted by Crippen LogP contribution is 2.40. The van der Waals surface area contributed by atoms with E-state index < -0.39 is 28.9 Å². The highest BCUT2D eigenvalue weighted by atomic mass is 16.5. The maximum atomic E-state index is 12.2. The lowest BCUT2D eigenvalue weighted by Crippen LogP contribution is -2.37. The Labute approximate surface area is 322 Å². The van der Waals surface area contributed by atoms with Crippen molar-refractivity contribution in [1.29, 1.82) is 0 Å². The molecule has 1 atom stereocenters. The molecule has 4 aliphatic rings. The number of hydrogen-bond acceptors (Lipinski definition) is 13. The zero-order valence-corrected chi connectivity index (χ0v) is 31.2. The van der Waals surface area contributed by atoms with Crippen molar-refractivity contribution in [2.24, 2.45) is 35.7 Å². The van der Waals surface area contributed by atoms with E-state index in [0.29, 0.717) is 28.7 Å². The molecular formula is C41H39N9O6. The van der Waals surface area contributed by atoms with Gasteiger partial charge in [0, 0.05) is 40.5 Å². The third-order valence-corrected chi connectivity index (χ3v) is 9.73. The molecule has 56 heavy (non-hydrogen) atoms. The van der Waals surface area contributed by atoms with Crippen molar-refractivity contribution in [3.8, 4) is 0 Å².